The SMILES string of the molecule is CCCC(CCC)N1CCn2cccc2C1=O. The van der Waals surface area contributed by atoms with Crippen LogP contribution in [0, 0.1) is 0 Å². The number of amides is 1. The van der Waals surface area contributed by atoms with Crippen molar-refractivity contribution in [3.8, 4) is 0 Å². The highest BCUT2D eigenvalue weighted by molar-refractivity contribution is 5.93. The summed E-state index contributed by atoms with van der Waals surface area (Å²) in [6.07, 6.45) is 6.55. The summed E-state index contributed by atoms with van der Waals surface area (Å²) in [7, 11) is 0. The summed E-state index contributed by atoms with van der Waals surface area (Å²) in [4.78, 5) is 14.5. The molecule has 0 fully saturated rings. The van der Waals surface area contributed by atoms with E-state index in [2.05, 4.69) is 23.3 Å². The highest BCUT2D eigenvalue weighted by atomic mass is 16.2. The van der Waals surface area contributed by atoms with Crippen molar-refractivity contribution >= 4 is 5.91 Å². The Balaban J connectivity index is 2.14. The highest BCUT2D eigenvalue weighted by Gasteiger charge is 2.28. The molecule has 1 amide bonds. The van der Waals surface area contributed by atoms with Gasteiger partial charge in [-0.2, -0.15) is 0 Å². The summed E-state index contributed by atoms with van der Waals surface area (Å²) in [5, 5.41) is 0. The van der Waals surface area contributed by atoms with E-state index in [9.17, 15) is 4.79 Å². The molecular formula is C14H22N2O. The van der Waals surface area contributed by atoms with E-state index in [1.165, 1.54) is 0 Å². The molecule has 0 atom stereocenters. The van der Waals surface area contributed by atoms with Crippen molar-refractivity contribution in [2.24, 2.45) is 0 Å². The van der Waals surface area contributed by atoms with Crippen LogP contribution in [-0.2, 0) is 6.54 Å². The summed E-state index contributed by atoms with van der Waals surface area (Å²) in [5.41, 5.74) is 0.855. The second kappa shape index (κ2) is 5.39. The van der Waals surface area contributed by atoms with E-state index in [1.54, 1.807) is 0 Å². The van der Waals surface area contributed by atoms with Crippen LogP contribution in [0.4, 0.5) is 0 Å². The monoisotopic (exact) mass is 234 g/mol. The number of nitrogens with zero attached hydrogens (tertiary/aromatic N) is 2. The van der Waals surface area contributed by atoms with Crippen LogP contribution in [0.1, 0.15) is 50.0 Å². The molecule has 1 aliphatic rings. The molecule has 0 spiro atoms. The van der Waals surface area contributed by atoms with Gasteiger partial charge in [-0.3, -0.25) is 4.79 Å². The average molecular weight is 234 g/mol. The van der Waals surface area contributed by atoms with Crippen LogP contribution in [0.2, 0.25) is 0 Å². The molecule has 0 unspecified atom stereocenters. The second-order valence-electron chi connectivity index (χ2n) is 4.82. The zero-order valence-corrected chi connectivity index (χ0v) is 10.9. The molecule has 17 heavy (non-hydrogen) atoms. The van der Waals surface area contributed by atoms with Crippen molar-refractivity contribution in [1.82, 2.24) is 9.47 Å². The van der Waals surface area contributed by atoms with Crippen LogP contribution < -0.4 is 0 Å². The lowest BCUT2D eigenvalue weighted by atomic mass is 10.0. The van der Waals surface area contributed by atoms with E-state index in [0.717, 1.165) is 44.5 Å². The van der Waals surface area contributed by atoms with Gasteiger partial charge in [0.1, 0.15) is 5.69 Å². The van der Waals surface area contributed by atoms with Crippen molar-refractivity contribution in [1.29, 1.82) is 0 Å². The van der Waals surface area contributed by atoms with Gasteiger partial charge in [-0.25, -0.2) is 0 Å². The molecule has 0 N–H and O–H groups in total. The topological polar surface area (TPSA) is 25.2 Å². The van der Waals surface area contributed by atoms with Crippen LogP contribution in [0.5, 0.6) is 0 Å². The number of hydrogen-bond acceptors (Lipinski definition) is 1. The predicted molar refractivity (Wildman–Crippen MR) is 69.1 cm³/mol. The van der Waals surface area contributed by atoms with Gasteiger partial charge in [0.05, 0.1) is 0 Å². The van der Waals surface area contributed by atoms with Gasteiger partial charge >= 0.3 is 0 Å². The normalized spacial score (nSPS) is 15.5. The quantitative estimate of drug-likeness (QED) is 0.769. The van der Waals surface area contributed by atoms with Crippen molar-refractivity contribution < 1.29 is 4.79 Å². The number of rotatable bonds is 5. The van der Waals surface area contributed by atoms with Gasteiger partial charge in [-0.05, 0) is 25.0 Å². The Morgan fingerprint density at radius 1 is 1.24 bits per heavy atom. The Hall–Kier alpha value is -1.25. The first-order valence-corrected chi connectivity index (χ1v) is 6.74. The van der Waals surface area contributed by atoms with Crippen LogP contribution in [0.15, 0.2) is 18.3 Å². The Kier molecular flexibility index (Phi) is 3.87. The molecule has 0 aromatic carbocycles. The number of aromatic nitrogens is 1. The maximum atomic E-state index is 12.4. The van der Waals surface area contributed by atoms with Crippen molar-refractivity contribution in [2.45, 2.75) is 52.1 Å². The van der Waals surface area contributed by atoms with E-state index in [4.69, 9.17) is 0 Å². The summed E-state index contributed by atoms with van der Waals surface area (Å²) in [6, 6.07) is 4.33. The lowest BCUT2D eigenvalue weighted by molar-refractivity contribution is 0.0595. The molecule has 1 aromatic rings. The minimum absolute atomic E-state index is 0.216. The third-order valence-electron chi connectivity index (χ3n) is 3.58. The number of fused-ring (bicyclic) bond motifs is 1. The molecule has 94 valence electrons. The van der Waals surface area contributed by atoms with Gasteiger partial charge in [-0.1, -0.05) is 26.7 Å². The Morgan fingerprint density at radius 2 is 1.94 bits per heavy atom. The summed E-state index contributed by atoms with van der Waals surface area (Å²) < 4.78 is 2.06. The minimum Gasteiger partial charge on any atom is -0.342 e. The van der Waals surface area contributed by atoms with Crippen LogP contribution in [0.25, 0.3) is 0 Å². The van der Waals surface area contributed by atoms with Crippen LogP contribution in [0.3, 0.4) is 0 Å². The zero-order valence-electron chi connectivity index (χ0n) is 10.9. The molecular weight excluding hydrogens is 212 g/mol. The van der Waals surface area contributed by atoms with Crippen LogP contribution >= 0.6 is 0 Å². The van der Waals surface area contributed by atoms with Gasteiger partial charge in [0.15, 0.2) is 0 Å². The molecule has 0 saturated heterocycles. The fourth-order valence-corrected chi connectivity index (χ4v) is 2.74. The molecule has 0 radical (unpaired) electrons. The third-order valence-corrected chi connectivity index (χ3v) is 3.58. The van der Waals surface area contributed by atoms with E-state index >= 15 is 0 Å². The Bertz CT molecular complexity index is 377. The molecule has 2 rings (SSSR count). The number of carbonyl (C=O) groups excluding carboxylic acids is 1. The van der Waals surface area contributed by atoms with Gasteiger partial charge in [0.2, 0.25) is 0 Å². The van der Waals surface area contributed by atoms with E-state index < -0.39 is 0 Å². The molecule has 0 bridgehead atoms. The van der Waals surface area contributed by atoms with Gasteiger partial charge in [0, 0.05) is 25.3 Å². The first-order chi connectivity index (χ1) is 8.27. The zero-order chi connectivity index (χ0) is 12.3. The van der Waals surface area contributed by atoms with E-state index in [-0.39, 0.29) is 5.91 Å². The van der Waals surface area contributed by atoms with Crippen LogP contribution in [-0.4, -0.2) is 28.0 Å². The summed E-state index contributed by atoms with van der Waals surface area (Å²) in [5.74, 6) is 0.216. The first kappa shape index (κ1) is 12.2. The molecule has 1 aliphatic heterocycles. The Labute approximate surface area is 103 Å². The lowest BCUT2D eigenvalue weighted by Crippen LogP contribution is -2.46. The van der Waals surface area contributed by atoms with Gasteiger partial charge < -0.3 is 9.47 Å². The Morgan fingerprint density at radius 3 is 2.59 bits per heavy atom. The fourth-order valence-electron chi connectivity index (χ4n) is 2.74. The van der Waals surface area contributed by atoms with E-state index in [1.807, 2.05) is 18.3 Å². The third kappa shape index (κ3) is 2.38. The first-order valence-electron chi connectivity index (χ1n) is 6.74. The highest BCUT2D eigenvalue weighted by Crippen LogP contribution is 2.20. The van der Waals surface area contributed by atoms with E-state index in [0.29, 0.717) is 6.04 Å². The standard InChI is InChI=1S/C14H22N2O/c1-3-6-12(7-4-2)16-11-10-15-9-5-8-13(15)14(16)17/h5,8-9,12H,3-4,6-7,10-11H2,1-2H3. The van der Waals surface area contributed by atoms with Crippen molar-refractivity contribution in [2.75, 3.05) is 6.54 Å². The smallest absolute Gasteiger partial charge is 0.270 e. The summed E-state index contributed by atoms with van der Waals surface area (Å²) >= 11 is 0. The minimum atomic E-state index is 0.216. The number of hydrogen-bond donors (Lipinski definition) is 0. The molecule has 3 nitrogen and oxygen atoms in total. The maximum absolute atomic E-state index is 12.4. The molecule has 3 heteroatoms. The average Bonchev–Trinajstić information content (AvgIpc) is 2.78. The van der Waals surface area contributed by atoms with Gasteiger partial charge in [-0.15, -0.1) is 0 Å². The maximum Gasteiger partial charge on any atom is 0.270 e. The molecule has 0 saturated carbocycles. The van der Waals surface area contributed by atoms with Crippen molar-refractivity contribution in [3.05, 3.63) is 24.0 Å². The molecule has 0 aliphatic carbocycles. The van der Waals surface area contributed by atoms with Gasteiger partial charge in [0.25, 0.3) is 5.91 Å². The molecule has 2 heterocycles. The summed E-state index contributed by atoms with van der Waals surface area (Å²) in [6.45, 7) is 6.20. The second-order valence-corrected chi connectivity index (χ2v) is 4.82. The predicted octanol–water partition coefficient (Wildman–Crippen LogP) is 2.91. The molecule has 1 aromatic heterocycles. The number of carbonyl (C=O) groups is 1. The lowest BCUT2D eigenvalue weighted by Gasteiger charge is -2.35. The largest absolute Gasteiger partial charge is 0.342 e. The fraction of sp³-hybridized carbons (Fsp3) is 0.643. The van der Waals surface area contributed by atoms with Crippen molar-refractivity contribution in [3.63, 3.8) is 0 Å².